The smallest absolute Gasteiger partial charge is 0.280 e. The molecular formula is C27H20ClN5O6S. The van der Waals surface area contributed by atoms with E-state index in [1.54, 1.807) is 66.7 Å². The van der Waals surface area contributed by atoms with Crippen LogP contribution in [0.5, 0.6) is 0 Å². The van der Waals surface area contributed by atoms with Crippen LogP contribution >= 0.6 is 23.4 Å². The largest absolute Gasteiger partial charge is 0.467 e. The maximum Gasteiger partial charge on any atom is 0.280 e. The van der Waals surface area contributed by atoms with Crippen molar-refractivity contribution >= 4 is 57.9 Å². The van der Waals surface area contributed by atoms with Gasteiger partial charge in [0.15, 0.2) is 5.17 Å². The number of para-hydroxylation sites is 1. The Balaban J connectivity index is 1.31. The molecule has 11 nitrogen and oxygen atoms in total. The summed E-state index contributed by atoms with van der Waals surface area (Å²) < 4.78 is 11.1. The molecule has 0 radical (unpaired) electrons. The van der Waals surface area contributed by atoms with Gasteiger partial charge in [-0.2, -0.15) is 5.10 Å². The van der Waals surface area contributed by atoms with E-state index in [1.807, 2.05) is 0 Å². The minimum absolute atomic E-state index is 0.0823. The quantitative estimate of drug-likeness (QED) is 0.147. The van der Waals surface area contributed by atoms with Gasteiger partial charge in [-0.25, -0.2) is 0 Å². The first-order valence-electron chi connectivity index (χ1n) is 11.9. The molecule has 1 atom stereocenters. The van der Waals surface area contributed by atoms with E-state index in [-0.39, 0.29) is 35.6 Å². The molecule has 0 aliphatic carbocycles. The van der Waals surface area contributed by atoms with Crippen molar-refractivity contribution in [2.45, 2.75) is 18.2 Å². The number of amides is 2. The second-order valence-electron chi connectivity index (χ2n) is 8.47. The maximum atomic E-state index is 13.2. The van der Waals surface area contributed by atoms with E-state index in [0.29, 0.717) is 33.6 Å². The molecule has 202 valence electrons. The number of carbonyl (C=O) groups is 2. The van der Waals surface area contributed by atoms with Crippen molar-refractivity contribution in [3.8, 4) is 11.3 Å². The first-order chi connectivity index (χ1) is 19.4. The van der Waals surface area contributed by atoms with Crippen molar-refractivity contribution in [3.05, 3.63) is 106 Å². The van der Waals surface area contributed by atoms with Crippen LogP contribution in [-0.4, -0.2) is 38.3 Å². The molecule has 1 N–H and O–H groups in total. The van der Waals surface area contributed by atoms with Gasteiger partial charge in [-0.05, 0) is 54.6 Å². The average molecular weight is 578 g/mol. The second kappa shape index (κ2) is 12.0. The van der Waals surface area contributed by atoms with Crippen molar-refractivity contribution < 1.29 is 23.3 Å². The summed E-state index contributed by atoms with van der Waals surface area (Å²) in [5.74, 6) is 0.505. The molecule has 1 aliphatic rings. The number of hydrogen-bond donors (Lipinski definition) is 1. The van der Waals surface area contributed by atoms with E-state index in [2.05, 4.69) is 15.5 Å². The molecule has 2 aromatic heterocycles. The van der Waals surface area contributed by atoms with Crippen LogP contribution < -0.4 is 5.32 Å². The Morgan fingerprint density at radius 2 is 1.93 bits per heavy atom. The summed E-state index contributed by atoms with van der Waals surface area (Å²) in [6.45, 7) is 0.116. The Kier molecular flexibility index (Phi) is 8.08. The number of benzene rings is 2. The molecule has 40 heavy (non-hydrogen) atoms. The fourth-order valence-corrected chi connectivity index (χ4v) is 5.10. The van der Waals surface area contributed by atoms with Gasteiger partial charge < -0.3 is 14.2 Å². The molecule has 0 spiro atoms. The van der Waals surface area contributed by atoms with Gasteiger partial charge >= 0.3 is 0 Å². The first-order valence-corrected chi connectivity index (χ1v) is 13.1. The topological polar surface area (TPSA) is 144 Å². The molecule has 13 heteroatoms. The number of halogens is 1. The third kappa shape index (κ3) is 6.30. The average Bonchev–Trinajstić information content (AvgIpc) is 3.69. The SMILES string of the molecule is O=C(CC1S/C(=N\N=C\c2ccc(-c3ccccc3[N+](=O)[O-])o2)N(Cc2ccco2)C1=O)Nc1ccc(Cl)cc1. The lowest BCUT2D eigenvalue weighted by Gasteiger charge is -2.14. The molecule has 1 fully saturated rings. The summed E-state index contributed by atoms with van der Waals surface area (Å²) in [4.78, 5) is 38.1. The summed E-state index contributed by atoms with van der Waals surface area (Å²) in [5, 5.41) is 22.5. The number of nitrogens with one attached hydrogen (secondary N) is 1. The number of thioether (sulfide) groups is 1. The molecule has 4 aromatic rings. The zero-order chi connectivity index (χ0) is 28.1. The van der Waals surface area contributed by atoms with Gasteiger partial charge in [-0.3, -0.25) is 24.6 Å². The Labute approximate surface area is 236 Å². The lowest BCUT2D eigenvalue weighted by Crippen LogP contribution is -2.33. The highest BCUT2D eigenvalue weighted by molar-refractivity contribution is 8.15. The Hall–Kier alpha value is -4.68. The van der Waals surface area contributed by atoms with E-state index < -0.39 is 10.2 Å². The van der Waals surface area contributed by atoms with Crippen LogP contribution in [0, 0.1) is 10.1 Å². The number of nitrogens with zero attached hydrogens (tertiary/aromatic N) is 4. The van der Waals surface area contributed by atoms with Crippen molar-refractivity contribution in [1.29, 1.82) is 0 Å². The van der Waals surface area contributed by atoms with Crippen LogP contribution in [0.2, 0.25) is 5.02 Å². The number of rotatable bonds is 9. The molecule has 3 heterocycles. The fraction of sp³-hybridized carbons (Fsp3) is 0.111. The number of nitro benzene ring substituents is 1. The molecule has 2 amide bonds. The van der Waals surface area contributed by atoms with Crippen molar-refractivity contribution in [3.63, 3.8) is 0 Å². The minimum Gasteiger partial charge on any atom is -0.467 e. The third-order valence-corrected chi connectivity index (χ3v) is 7.15. The number of anilines is 1. The van der Waals surface area contributed by atoms with Gasteiger partial charge in [-0.15, -0.1) is 5.10 Å². The van der Waals surface area contributed by atoms with Crippen LogP contribution in [0.4, 0.5) is 11.4 Å². The Morgan fingerprint density at radius 3 is 2.67 bits per heavy atom. The molecule has 5 rings (SSSR count). The number of amidine groups is 1. The Morgan fingerprint density at radius 1 is 1.12 bits per heavy atom. The van der Waals surface area contributed by atoms with E-state index in [1.165, 1.54) is 23.4 Å². The van der Waals surface area contributed by atoms with E-state index >= 15 is 0 Å². The second-order valence-corrected chi connectivity index (χ2v) is 10.1. The molecule has 1 aliphatic heterocycles. The standard InChI is InChI=1S/C27H20ClN5O6S/c28-17-7-9-18(10-8-17)30-25(34)14-24-26(35)32(16-20-4-3-13-38-20)27(40-24)31-29-15-19-11-12-23(39-19)21-5-1-2-6-22(21)33(36)37/h1-13,15,24H,14,16H2,(H,30,34)/b29-15+,31-27-. The van der Waals surface area contributed by atoms with E-state index in [0.717, 1.165) is 11.8 Å². The summed E-state index contributed by atoms with van der Waals surface area (Å²) >= 11 is 7.01. The first kappa shape index (κ1) is 26.9. The van der Waals surface area contributed by atoms with Crippen molar-refractivity contribution in [2.24, 2.45) is 10.2 Å². The van der Waals surface area contributed by atoms with Crippen LogP contribution in [-0.2, 0) is 16.1 Å². The van der Waals surface area contributed by atoms with Crippen molar-refractivity contribution in [2.75, 3.05) is 5.32 Å². The minimum atomic E-state index is -0.718. The predicted octanol–water partition coefficient (Wildman–Crippen LogP) is 5.96. The zero-order valence-corrected chi connectivity index (χ0v) is 22.2. The number of carbonyl (C=O) groups excluding carboxylic acids is 2. The predicted molar refractivity (Wildman–Crippen MR) is 151 cm³/mol. The van der Waals surface area contributed by atoms with Crippen LogP contribution in [0.1, 0.15) is 17.9 Å². The molecular weight excluding hydrogens is 558 g/mol. The molecule has 0 bridgehead atoms. The third-order valence-electron chi connectivity index (χ3n) is 5.73. The van der Waals surface area contributed by atoms with Gasteiger partial charge in [-0.1, -0.05) is 35.5 Å². The summed E-state index contributed by atoms with van der Waals surface area (Å²) in [5.41, 5.74) is 0.815. The van der Waals surface area contributed by atoms with Gasteiger partial charge in [0.2, 0.25) is 11.8 Å². The Bertz CT molecular complexity index is 1600. The van der Waals surface area contributed by atoms with Gasteiger partial charge in [0, 0.05) is 23.2 Å². The van der Waals surface area contributed by atoms with Crippen molar-refractivity contribution in [1.82, 2.24) is 4.90 Å². The highest BCUT2D eigenvalue weighted by Gasteiger charge is 2.39. The molecule has 2 aromatic carbocycles. The van der Waals surface area contributed by atoms with Gasteiger partial charge in [0.1, 0.15) is 22.5 Å². The van der Waals surface area contributed by atoms with Gasteiger partial charge in [0.25, 0.3) is 5.69 Å². The lowest BCUT2D eigenvalue weighted by atomic mass is 10.1. The summed E-state index contributed by atoms with van der Waals surface area (Å²) in [6.07, 6.45) is 2.75. The highest BCUT2D eigenvalue weighted by Crippen LogP contribution is 2.32. The number of furan rings is 2. The van der Waals surface area contributed by atoms with Crippen LogP contribution in [0.3, 0.4) is 0 Å². The number of hydrogen-bond acceptors (Lipinski definition) is 9. The molecule has 1 unspecified atom stereocenters. The monoisotopic (exact) mass is 577 g/mol. The van der Waals surface area contributed by atoms with E-state index in [4.69, 9.17) is 20.4 Å². The normalized spacial score (nSPS) is 16.2. The van der Waals surface area contributed by atoms with Crippen LogP contribution in [0.15, 0.2) is 98.1 Å². The highest BCUT2D eigenvalue weighted by atomic mass is 35.5. The lowest BCUT2D eigenvalue weighted by molar-refractivity contribution is -0.384. The fourth-order valence-electron chi connectivity index (χ4n) is 3.88. The number of nitro groups is 1. The summed E-state index contributed by atoms with van der Waals surface area (Å²) in [6, 6.07) is 19.5. The van der Waals surface area contributed by atoms with E-state index in [9.17, 15) is 19.7 Å². The summed E-state index contributed by atoms with van der Waals surface area (Å²) in [7, 11) is 0. The maximum absolute atomic E-state index is 13.2. The molecule has 1 saturated heterocycles. The molecule has 0 saturated carbocycles. The van der Waals surface area contributed by atoms with Crippen LogP contribution in [0.25, 0.3) is 11.3 Å². The van der Waals surface area contributed by atoms with Gasteiger partial charge in [0.05, 0.1) is 29.5 Å². The zero-order valence-electron chi connectivity index (χ0n) is 20.6.